The molecule has 0 aromatic carbocycles. The monoisotopic (exact) mass is 295 g/mol. The van der Waals surface area contributed by atoms with Gasteiger partial charge in [-0.1, -0.05) is 0 Å². The molecule has 0 radical (unpaired) electrons. The molecule has 1 aliphatic rings. The fourth-order valence-corrected chi connectivity index (χ4v) is 2.91. The topological polar surface area (TPSA) is 45.2 Å². The van der Waals surface area contributed by atoms with Gasteiger partial charge in [0.05, 0.1) is 24.0 Å². The molecule has 1 saturated heterocycles. The summed E-state index contributed by atoms with van der Waals surface area (Å²) in [4.78, 5) is 17.6. The van der Waals surface area contributed by atoms with Gasteiger partial charge in [-0.2, -0.15) is 0 Å². The Morgan fingerprint density at radius 1 is 1.05 bits per heavy atom. The van der Waals surface area contributed by atoms with Gasteiger partial charge in [-0.15, -0.1) is 22.9 Å². The highest BCUT2D eigenvalue weighted by Gasteiger charge is 2.19. The highest BCUT2D eigenvalue weighted by Crippen LogP contribution is 2.20. The van der Waals surface area contributed by atoms with Gasteiger partial charge in [-0.3, -0.25) is 4.98 Å². The average Bonchev–Trinajstić information content (AvgIpc) is 3.02. The SMILES string of the molecule is ClCc1cnc(N2CCN(c3nccs3)CC2)cn1. The minimum absolute atomic E-state index is 0.408. The van der Waals surface area contributed by atoms with Crippen molar-refractivity contribution in [3.05, 3.63) is 29.7 Å². The van der Waals surface area contributed by atoms with Gasteiger partial charge >= 0.3 is 0 Å². The van der Waals surface area contributed by atoms with E-state index in [1.807, 2.05) is 11.6 Å². The van der Waals surface area contributed by atoms with Gasteiger partial charge in [0.2, 0.25) is 0 Å². The molecule has 2 aromatic heterocycles. The molecular weight excluding hydrogens is 282 g/mol. The van der Waals surface area contributed by atoms with Crippen LogP contribution in [0.15, 0.2) is 24.0 Å². The molecule has 0 unspecified atom stereocenters. The summed E-state index contributed by atoms with van der Waals surface area (Å²) in [7, 11) is 0. The Hall–Kier alpha value is -1.40. The van der Waals surface area contributed by atoms with E-state index in [1.165, 1.54) is 0 Å². The zero-order valence-corrected chi connectivity index (χ0v) is 11.9. The number of aromatic nitrogens is 3. The first kappa shape index (κ1) is 12.6. The number of hydrogen-bond donors (Lipinski definition) is 0. The van der Waals surface area contributed by atoms with Crippen molar-refractivity contribution in [3.63, 3.8) is 0 Å². The first-order chi connectivity index (χ1) is 9.36. The number of anilines is 2. The van der Waals surface area contributed by atoms with Crippen molar-refractivity contribution < 1.29 is 0 Å². The van der Waals surface area contributed by atoms with Crippen molar-refractivity contribution in [2.75, 3.05) is 36.0 Å². The molecule has 7 heteroatoms. The van der Waals surface area contributed by atoms with Crippen LogP contribution in [-0.2, 0) is 5.88 Å². The summed E-state index contributed by atoms with van der Waals surface area (Å²) in [6.07, 6.45) is 5.40. The van der Waals surface area contributed by atoms with E-state index in [0.29, 0.717) is 5.88 Å². The molecule has 0 amide bonds. The number of thiazole rings is 1. The molecule has 19 heavy (non-hydrogen) atoms. The Labute approximate surface area is 120 Å². The highest BCUT2D eigenvalue weighted by molar-refractivity contribution is 7.13. The second kappa shape index (κ2) is 5.71. The molecule has 0 bridgehead atoms. The van der Waals surface area contributed by atoms with Gasteiger partial charge in [-0.25, -0.2) is 9.97 Å². The van der Waals surface area contributed by atoms with Gasteiger partial charge in [0.15, 0.2) is 5.13 Å². The Balaban J connectivity index is 1.63. The van der Waals surface area contributed by atoms with Crippen LogP contribution in [0.2, 0.25) is 0 Å². The van der Waals surface area contributed by atoms with E-state index in [4.69, 9.17) is 11.6 Å². The van der Waals surface area contributed by atoms with E-state index in [9.17, 15) is 0 Å². The van der Waals surface area contributed by atoms with Crippen LogP contribution >= 0.6 is 22.9 Å². The van der Waals surface area contributed by atoms with Crippen LogP contribution in [0.3, 0.4) is 0 Å². The number of hydrogen-bond acceptors (Lipinski definition) is 6. The molecule has 0 N–H and O–H groups in total. The van der Waals surface area contributed by atoms with E-state index in [0.717, 1.165) is 42.8 Å². The fourth-order valence-electron chi connectivity index (χ4n) is 2.08. The van der Waals surface area contributed by atoms with Crippen LogP contribution in [0.1, 0.15) is 5.69 Å². The van der Waals surface area contributed by atoms with E-state index >= 15 is 0 Å². The van der Waals surface area contributed by atoms with Gasteiger partial charge in [0, 0.05) is 37.8 Å². The maximum Gasteiger partial charge on any atom is 0.185 e. The van der Waals surface area contributed by atoms with Crippen molar-refractivity contribution >= 4 is 33.9 Å². The summed E-state index contributed by atoms with van der Waals surface area (Å²) in [6.45, 7) is 3.81. The van der Waals surface area contributed by atoms with Crippen molar-refractivity contribution in [1.82, 2.24) is 15.0 Å². The van der Waals surface area contributed by atoms with Crippen molar-refractivity contribution in [2.24, 2.45) is 0 Å². The fraction of sp³-hybridized carbons (Fsp3) is 0.417. The van der Waals surface area contributed by atoms with Gasteiger partial charge in [-0.05, 0) is 0 Å². The summed E-state index contributed by atoms with van der Waals surface area (Å²) in [5.74, 6) is 1.33. The third kappa shape index (κ3) is 2.79. The molecule has 1 fully saturated rings. The lowest BCUT2D eigenvalue weighted by molar-refractivity contribution is 0.644. The molecule has 100 valence electrons. The van der Waals surface area contributed by atoms with Gasteiger partial charge < -0.3 is 9.80 Å². The molecule has 0 atom stereocenters. The standard InChI is InChI=1S/C12H14ClN5S/c13-7-10-8-16-11(9-15-10)17-2-4-18(5-3-17)12-14-1-6-19-12/h1,6,8-9H,2-5,7H2. The molecule has 3 heterocycles. The van der Waals surface area contributed by atoms with Gasteiger partial charge in [0.1, 0.15) is 5.82 Å². The molecule has 3 rings (SSSR count). The van der Waals surface area contributed by atoms with Crippen molar-refractivity contribution in [3.8, 4) is 0 Å². The normalized spacial score (nSPS) is 15.8. The molecule has 5 nitrogen and oxygen atoms in total. The lowest BCUT2D eigenvalue weighted by Crippen LogP contribution is -2.46. The first-order valence-electron chi connectivity index (χ1n) is 6.13. The average molecular weight is 296 g/mol. The predicted octanol–water partition coefficient (Wildman–Crippen LogP) is 2.00. The summed E-state index contributed by atoms with van der Waals surface area (Å²) in [6, 6.07) is 0. The quantitative estimate of drug-likeness (QED) is 0.811. The molecule has 0 aliphatic carbocycles. The molecule has 0 spiro atoms. The van der Waals surface area contributed by atoms with Crippen molar-refractivity contribution in [1.29, 1.82) is 0 Å². The maximum absolute atomic E-state index is 5.71. The van der Waals surface area contributed by atoms with E-state index in [-0.39, 0.29) is 0 Å². The Bertz CT molecular complexity index is 507. The number of rotatable bonds is 3. The third-order valence-electron chi connectivity index (χ3n) is 3.12. The number of nitrogens with zero attached hydrogens (tertiary/aromatic N) is 5. The molecular formula is C12H14ClN5S. The van der Waals surface area contributed by atoms with E-state index < -0.39 is 0 Å². The summed E-state index contributed by atoms with van der Waals surface area (Å²) >= 11 is 7.40. The molecule has 0 saturated carbocycles. The first-order valence-corrected chi connectivity index (χ1v) is 7.54. The largest absolute Gasteiger partial charge is 0.352 e. The van der Waals surface area contributed by atoms with Crippen LogP contribution in [0.5, 0.6) is 0 Å². The Kier molecular flexibility index (Phi) is 3.79. The predicted molar refractivity (Wildman–Crippen MR) is 78.1 cm³/mol. The van der Waals surface area contributed by atoms with Crippen LogP contribution in [0.4, 0.5) is 10.9 Å². The lowest BCUT2D eigenvalue weighted by Gasteiger charge is -2.35. The number of alkyl halides is 1. The number of halogens is 1. The van der Waals surface area contributed by atoms with Crippen LogP contribution in [-0.4, -0.2) is 41.1 Å². The zero-order valence-electron chi connectivity index (χ0n) is 10.4. The van der Waals surface area contributed by atoms with Gasteiger partial charge in [0.25, 0.3) is 0 Å². The highest BCUT2D eigenvalue weighted by atomic mass is 35.5. The maximum atomic E-state index is 5.71. The van der Waals surface area contributed by atoms with E-state index in [2.05, 4.69) is 24.8 Å². The van der Waals surface area contributed by atoms with Crippen LogP contribution < -0.4 is 9.80 Å². The second-order valence-corrected chi connectivity index (χ2v) is 5.43. The summed E-state index contributed by atoms with van der Waals surface area (Å²) < 4.78 is 0. The Morgan fingerprint density at radius 2 is 1.84 bits per heavy atom. The van der Waals surface area contributed by atoms with Crippen LogP contribution in [0.25, 0.3) is 0 Å². The Morgan fingerprint density at radius 3 is 2.42 bits per heavy atom. The minimum Gasteiger partial charge on any atom is -0.352 e. The minimum atomic E-state index is 0.408. The lowest BCUT2D eigenvalue weighted by atomic mass is 10.3. The summed E-state index contributed by atoms with van der Waals surface area (Å²) in [5, 5.41) is 3.11. The van der Waals surface area contributed by atoms with Crippen LogP contribution in [0, 0.1) is 0 Å². The second-order valence-electron chi connectivity index (χ2n) is 4.29. The smallest absolute Gasteiger partial charge is 0.185 e. The zero-order chi connectivity index (χ0) is 13.1. The molecule has 1 aliphatic heterocycles. The summed E-state index contributed by atoms with van der Waals surface area (Å²) in [5.41, 5.74) is 0.812. The molecule has 2 aromatic rings. The third-order valence-corrected chi connectivity index (χ3v) is 4.23. The number of piperazine rings is 1. The van der Waals surface area contributed by atoms with E-state index in [1.54, 1.807) is 23.7 Å². The van der Waals surface area contributed by atoms with Crippen molar-refractivity contribution in [2.45, 2.75) is 5.88 Å².